The Morgan fingerprint density at radius 2 is 1.68 bits per heavy atom. The first-order valence-electron chi connectivity index (χ1n) is 8.25. The minimum atomic E-state index is -3.83. The van der Waals surface area contributed by atoms with Crippen LogP contribution in [0, 0.1) is 0 Å². The molecule has 0 unspecified atom stereocenters. The first-order chi connectivity index (χ1) is 13.3. The van der Waals surface area contributed by atoms with Crippen molar-refractivity contribution in [2.24, 2.45) is 0 Å². The Bertz CT molecular complexity index is 1100. The number of rotatable bonds is 6. The molecule has 144 valence electrons. The van der Waals surface area contributed by atoms with Gasteiger partial charge >= 0.3 is 0 Å². The predicted octanol–water partition coefficient (Wildman–Crippen LogP) is 4.83. The zero-order chi connectivity index (χ0) is 20.1. The van der Waals surface area contributed by atoms with Crippen molar-refractivity contribution >= 4 is 49.1 Å². The van der Waals surface area contributed by atoms with Crippen LogP contribution < -0.4 is 10.0 Å². The standard InChI is InChI=1S/C20H16BrClN2O3S/c21-15-8-10-17(11-9-15)28(26,27)24-19-7-2-1-6-18(19)20(25)23-13-14-4-3-5-16(22)12-14/h1-12,24H,13H2,(H,23,25). The molecule has 0 bridgehead atoms. The van der Waals surface area contributed by atoms with E-state index in [0.29, 0.717) is 5.02 Å². The van der Waals surface area contributed by atoms with Gasteiger partial charge in [-0.1, -0.05) is 51.8 Å². The molecule has 0 spiro atoms. The van der Waals surface area contributed by atoms with Gasteiger partial charge in [-0.25, -0.2) is 8.42 Å². The Morgan fingerprint density at radius 3 is 2.39 bits per heavy atom. The van der Waals surface area contributed by atoms with E-state index in [9.17, 15) is 13.2 Å². The second-order valence-electron chi connectivity index (χ2n) is 5.92. The molecule has 1 amide bonds. The number of para-hydroxylation sites is 1. The molecule has 28 heavy (non-hydrogen) atoms. The highest BCUT2D eigenvalue weighted by atomic mass is 79.9. The van der Waals surface area contributed by atoms with E-state index in [-0.39, 0.29) is 22.7 Å². The van der Waals surface area contributed by atoms with Gasteiger partial charge in [0, 0.05) is 16.0 Å². The molecular formula is C20H16BrClN2O3S. The summed E-state index contributed by atoms with van der Waals surface area (Å²) in [5.41, 5.74) is 1.27. The molecule has 0 aromatic heterocycles. The first-order valence-corrected chi connectivity index (χ1v) is 10.9. The molecule has 0 atom stereocenters. The van der Waals surface area contributed by atoms with E-state index in [0.717, 1.165) is 10.0 Å². The Kier molecular flexibility index (Phi) is 6.39. The summed E-state index contributed by atoms with van der Waals surface area (Å²) < 4.78 is 28.5. The quantitative estimate of drug-likeness (QED) is 0.531. The Labute approximate surface area is 176 Å². The molecule has 3 aromatic rings. The normalized spacial score (nSPS) is 11.1. The van der Waals surface area contributed by atoms with Gasteiger partial charge in [0.15, 0.2) is 0 Å². The first kappa shape index (κ1) is 20.4. The van der Waals surface area contributed by atoms with E-state index in [4.69, 9.17) is 11.6 Å². The van der Waals surface area contributed by atoms with Gasteiger partial charge in [0.25, 0.3) is 15.9 Å². The lowest BCUT2D eigenvalue weighted by atomic mass is 10.1. The number of anilines is 1. The molecule has 3 rings (SSSR count). The van der Waals surface area contributed by atoms with E-state index in [1.54, 1.807) is 54.6 Å². The highest BCUT2D eigenvalue weighted by Gasteiger charge is 2.18. The zero-order valence-electron chi connectivity index (χ0n) is 14.5. The Balaban J connectivity index is 1.78. The number of carbonyl (C=O) groups excluding carboxylic acids is 1. The lowest BCUT2D eigenvalue weighted by molar-refractivity contribution is 0.0952. The largest absolute Gasteiger partial charge is 0.348 e. The Morgan fingerprint density at radius 1 is 0.964 bits per heavy atom. The zero-order valence-corrected chi connectivity index (χ0v) is 17.7. The molecule has 3 aromatic carbocycles. The van der Waals surface area contributed by atoms with Gasteiger partial charge in [0.1, 0.15) is 0 Å². The van der Waals surface area contributed by atoms with Gasteiger partial charge in [-0.3, -0.25) is 9.52 Å². The summed E-state index contributed by atoms with van der Waals surface area (Å²) in [6, 6.07) is 19.8. The fourth-order valence-corrected chi connectivity index (χ4v) is 4.07. The van der Waals surface area contributed by atoms with Gasteiger partial charge in [-0.15, -0.1) is 0 Å². The van der Waals surface area contributed by atoms with Gasteiger partial charge < -0.3 is 5.32 Å². The fraction of sp³-hybridized carbons (Fsp3) is 0.0500. The summed E-state index contributed by atoms with van der Waals surface area (Å²) in [5, 5.41) is 3.36. The molecule has 0 fully saturated rings. The lowest BCUT2D eigenvalue weighted by Crippen LogP contribution is -2.25. The number of halogens is 2. The van der Waals surface area contributed by atoms with Crippen LogP contribution in [0.1, 0.15) is 15.9 Å². The van der Waals surface area contributed by atoms with Crippen molar-refractivity contribution in [3.05, 3.63) is 93.4 Å². The number of amides is 1. The summed E-state index contributed by atoms with van der Waals surface area (Å²) in [6.07, 6.45) is 0. The average Bonchev–Trinajstić information content (AvgIpc) is 2.67. The second kappa shape index (κ2) is 8.77. The third-order valence-electron chi connectivity index (χ3n) is 3.88. The molecule has 0 saturated carbocycles. The smallest absolute Gasteiger partial charge is 0.261 e. The summed E-state index contributed by atoms with van der Waals surface area (Å²) in [7, 11) is -3.83. The molecule has 0 heterocycles. The SMILES string of the molecule is O=C(NCc1cccc(Cl)c1)c1ccccc1NS(=O)(=O)c1ccc(Br)cc1. The number of hydrogen-bond donors (Lipinski definition) is 2. The summed E-state index contributed by atoms with van der Waals surface area (Å²) in [5.74, 6) is -0.394. The van der Waals surface area contributed by atoms with Crippen LogP contribution in [0.15, 0.2) is 82.2 Å². The maximum Gasteiger partial charge on any atom is 0.261 e. The highest BCUT2D eigenvalue weighted by Crippen LogP contribution is 2.21. The van der Waals surface area contributed by atoms with Crippen molar-refractivity contribution < 1.29 is 13.2 Å². The number of sulfonamides is 1. The molecule has 0 aliphatic heterocycles. The van der Waals surface area contributed by atoms with Crippen LogP contribution in [0.3, 0.4) is 0 Å². The number of hydrogen-bond acceptors (Lipinski definition) is 3. The van der Waals surface area contributed by atoms with Crippen LogP contribution >= 0.6 is 27.5 Å². The summed E-state index contributed by atoms with van der Waals surface area (Å²) in [6.45, 7) is 0.271. The third kappa shape index (κ3) is 5.13. The van der Waals surface area contributed by atoms with Crippen LogP contribution in [-0.4, -0.2) is 14.3 Å². The van der Waals surface area contributed by atoms with E-state index in [1.807, 2.05) is 6.07 Å². The van der Waals surface area contributed by atoms with E-state index in [1.165, 1.54) is 12.1 Å². The Hall–Kier alpha value is -2.35. The average molecular weight is 480 g/mol. The van der Waals surface area contributed by atoms with Gasteiger partial charge in [0.2, 0.25) is 0 Å². The fourth-order valence-electron chi connectivity index (χ4n) is 2.51. The molecule has 0 aliphatic carbocycles. The van der Waals surface area contributed by atoms with Crippen LogP contribution in [0.25, 0.3) is 0 Å². The minimum Gasteiger partial charge on any atom is -0.348 e. The maximum absolute atomic E-state index is 12.6. The molecule has 5 nitrogen and oxygen atoms in total. The van der Waals surface area contributed by atoms with Crippen LogP contribution in [-0.2, 0) is 16.6 Å². The van der Waals surface area contributed by atoms with E-state index >= 15 is 0 Å². The molecule has 2 N–H and O–H groups in total. The molecule has 0 saturated heterocycles. The topological polar surface area (TPSA) is 75.3 Å². The third-order valence-corrected chi connectivity index (χ3v) is 6.03. The van der Waals surface area contributed by atoms with Crippen LogP contribution in [0.4, 0.5) is 5.69 Å². The van der Waals surface area contributed by atoms with Crippen molar-refractivity contribution in [1.29, 1.82) is 0 Å². The van der Waals surface area contributed by atoms with Crippen LogP contribution in [0.5, 0.6) is 0 Å². The van der Waals surface area contributed by atoms with E-state index < -0.39 is 15.9 Å². The second-order valence-corrected chi connectivity index (χ2v) is 8.95. The van der Waals surface area contributed by atoms with Gasteiger partial charge in [0.05, 0.1) is 16.1 Å². The van der Waals surface area contributed by atoms with Crippen molar-refractivity contribution in [2.45, 2.75) is 11.4 Å². The lowest BCUT2D eigenvalue weighted by Gasteiger charge is -2.13. The molecule has 0 radical (unpaired) electrons. The molecule has 8 heteroatoms. The minimum absolute atomic E-state index is 0.102. The predicted molar refractivity (Wildman–Crippen MR) is 114 cm³/mol. The number of benzene rings is 3. The monoisotopic (exact) mass is 478 g/mol. The van der Waals surface area contributed by atoms with Crippen molar-refractivity contribution in [2.75, 3.05) is 4.72 Å². The number of nitrogens with one attached hydrogen (secondary N) is 2. The maximum atomic E-state index is 12.6. The summed E-state index contributed by atoms with van der Waals surface area (Å²) in [4.78, 5) is 12.7. The van der Waals surface area contributed by atoms with Gasteiger partial charge in [-0.05, 0) is 54.1 Å². The number of carbonyl (C=O) groups is 1. The van der Waals surface area contributed by atoms with Crippen molar-refractivity contribution in [3.8, 4) is 0 Å². The van der Waals surface area contributed by atoms with Crippen molar-refractivity contribution in [1.82, 2.24) is 5.32 Å². The molecular weight excluding hydrogens is 464 g/mol. The summed E-state index contributed by atoms with van der Waals surface area (Å²) >= 11 is 9.22. The van der Waals surface area contributed by atoms with Crippen molar-refractivity contribution in [3.63, 3.8) is 0 Å². The van der Waals surface area contributed by atoms with E-state index in [2.05, 4.69) is 26.0 Å². The van der Waals surface area contributed by atoms with Crippen LogP contribution in [0.2, 0.25) is 5.02 Å². The van der Waals surface area contributed by atoms with Gasteiger partial charge in [-0.2, -0.15) is 0 Å². The highest BCUT2D eigenvalue weighted by molar-refractivity contribution is 9.10. The molecule has 0 aliphatic rings.